The number of nitriles is 1. The van der Waals surface area contributed by atoms with Crippen LogP contribution in [-0.2, 0) is 9.53 Å². The highest BCUT2D eigenvalue weighted by Crippen LogP contribution is 2.13. The molecule has 1 aromatic carbocycles. The van der Waals surface area contributed by atoms with E-state index >= 15 is 0 Å². The van der Waals surface area contributed by atoms with E-state index in [-0.39, 0.29) is 11.5 Å². The Kier molecular flexibility index (Phi) is 7.20. The first kappa shape index (κ1) is 16.9. The van der Waals surface area contributed by atoms with Crippen molar-refractivity contribution in [2.75, 3.05) is 19.8 Å². The molecule has 0 aliphatic carbocycles. The molecule has 0 atom stereocenters. The van der Waals surface area contributed by atoms with Crippen molar-refractivity contribution in [2.45, 2.75) is 27.2 Å². The number of carbonyl (C=O) groups excluding carboxylic acids is 1. The molecule has 4 heteroatoms. The molecule has 0 fully saturated rings. The van der Waals surface area contributed by atoms with E-state index in [0.717, 1.165) is 17.5 Å². The Hall–Kier alpha value is -2.12. The average Bonchev–Trinajstić information content (AvgIpc) is 2.48. The van der Waals surface area contributed by atoms with Gasteiger partial charge in [-0.3, -0.25) is 4.79 Å². The Labute approximate surface area is 126 Å². The Morgan fingerprint density at radius 3 is 2.76 bits per heavy atom. The summed E-state index contributed by atoms with van der Waals surface area (Å²) < 4.78 is 5.19. The highest BCUT2D eigenvalue weighted by atomic mass is 16.5. The number of ether oxygens (including phenoxy) is 1. The summed E-state index contributed by atoms with van der Waals surface area (Å²) in [4.78, 5) is 11.9. The zero-order valence-electron chi connectivity index (χ0n) is 12.9. The van der Waals surface area contributed by atoms with E-state index in [2.05, 4.69) is 5.32 Å². The molecule has 4 nitrogen and oxygen atoms in total. The molecule has 1 N–H and O–H groups in total. The first-order valence-corrected chi connectivity index (χ1v) is 7.13. The number of nitrogens with one attached hydrogen (secondary N) is 1. The number of aryl methyl sites for hydroxylation is 2. The third-order valence-corrected chi connectivity index (χ3v) is 3.16. The molecule has 0 aliphatic heterocycles. The van der Waals surface area contributed by atoms with E-state index < -0.39 is 0 Å². The van der Waals surface area contributed by atoms with E-state index in [4.69, 9.17) is 10.00 Å². The van der Waals surface area contributed by atoms with Gasteiger partial charge in [-0.05, 0) is 50.0 Å². The maximum absolute atomic E-state index is 11.9. The number of hydrogen-bond acceptors (Lipinski definition) is 3. The molecular weight excluding hydrogens is 264 g/mol. The fourth-order valence-corrected chi connectivity index (χ4v) is 1.79. The lowest BCUT2D eigenvalue weighted by atomic mass is 10.0. The summed E-state index contributed by atoms with van der Waals surface area (Å²) in [6, 6.07) is 7.81. The molecule has 0 bridgehead atoms. The predicted molar refractivity (Wildman–Crippen MR) is 83.6 cm³/mol. The van der Waals surface area contributed by atoms with E-state index in [0.29, 0.717) is 19.8 Å². The van der Waals surface area contributed by atoms with Gasteiger partial charge in [-0.15, -0.1) is 0 Å². The lowest BCUT2D eigenvalue weighted by Crippen LogP contribution is -2.26. The summed E-state index contributed by atoms with van der Waals surface area (Å²) in [6.07, 6.45) is 2.35. The van der Waals surface area contributed by atoms with Crippen LogP contribution in [0.15, 0.2) is 23.8 Å². The van der Waals surface area contributed by atoms with Crippen molar-refractivity contribution >= 4 is 12.0 Å². The maximum atomic E-state index is 11.9. The Morgan fingerprint density at radius 2 is 2.14 bits per heavy atom. The molecule has 21 heavy (non-hydrogen) atoms. The minimum absolute atomic E-state index is 0.120. The van der Waals surface area contributed by atoms with Crippen LogP contribution in [0, 0.1) is 25.2 Å². The van der Waals surface area contributed by atoms with Crippen LogP contribution in [0.4, 0.5) is 0 Å². The minimum atomic E-state index is -0.341. The van der Waals surface area contributed by atoms with Crippen molar-refractivity contribution < 1.29 is 9.53 Å². The number of carbonyl (C=O) groups is 1. The van der Waals surface area contributed by atoms with E-state index in [1.807, 2.05) is 45.0 Å². The summed E-state index contributed by atoms with van der Waals surface area (Å²) >= 11 is 0. The highest BCUT2D eigenvalue weighted by molar-refractivity contribution is 6.01. The van der Waals surface area contributed by atoms with Gasteiger partial charge >= 0.3 is 0 Å². The average molecular weight is 286 g/mol. The number of rotatable bonds is 7. The molecule has 0 spiro atoms. The van der Waals surface area contributed by atoms with E-state index in [1.165, 1.54) is 5.56 Å². The van der Waals surface area contributed by atoms with Crippen molar-refractivity contribution in [3.05, 3.63) is 40.5 Å². The predicted octanol–water partition coefficient (Wildman–Crippen LogP) is 2.75. The second-order valence-corrected chi connectivity index (χ2v) is 4.82. The Morgan fingerprint density at radius 1 is 1.38 bits per heavy atom. The molecule has 0 radical (unpaired) electrons. The molecule has 0 aromatic heterocycles. The SMILES string of the molecule is CCOCCCNC(=O)/C(C#N)=C/c1ccc(C)c(C)c1. The van der Waals surface area contributed by atoms with E-state index in [9.17, 15) is 4.79 Å². The number of nitrogens with zero attached hydrogens (tertiary/aromatic N) is 1. The van der Waals surface area contributed by atoms with Crippen LogP contribution >= 0.6 is 0 Å². The Bertz CT molecular complexity index is 556. The first-order chi connectivity index (χ1) is 10.1. The third-order valence-electron chi connectivity index (χ3n) is 3.16. The van der Waals surface area contributed by atoms with Crippen LogP contribution in [0.2, 0.25) is 0 Å². The monoisotopic (exact) mass is 286 g/mol. The van der Waals surface area contributed by atoms with Crippen LogP contribution in [-0.4, -0.2) is 25.7 Å². The summed E-state index contributed by atoms with van der Waals surface area (Å²) in [5, 5.41) is 11.8. The van der Waals surface area contributed by atoms with Gasteiger partial charge in [0.1, 0.15) is 11.6 Å². The largest absolute Gasteiger partial charge is 0.382 e. The van der Waals surface area contributed by atoms with Crippen LogP contribution in [0.5, 0.6) is 0 Å². The molecule has 1 rings (SSSR count). The third kappa shape index (κ3) is 5.80. The van der Waals surface area contributed by atoms with Gasteiger partial charge in [0, 0.05) is 19.8 Å². The van der Waals surface area contributed by atoms with Crippen LogP contribution in [0.3, 0.4) is 0 Å². The second kappa shape index (κ2) is 8.93. The second-order valence-electron chi connectivity index (χ2n) is 4.82. The first-order valence-electron chi connectivity index (χ1n) is 7.13. The lowest BCUT2D eigenvalue weighted by Gasteiger charge is -2.05. The maximum Gasteiger partial charge on any atom is 0.261 e. The quantitative estimate of drug-likeness (QED) is 0.476. The molecule has 0 saturated carbocycles. The van der Waals surface area contributed by atoms with Gasteiger partial charge in [0.15, 0.2) is 0 Å². The van der Waals surface area contributed by atoms with Gasteiger partial charge in [0.05, 0.1) is 0 Å². The standard InChI is InChI=1S/C17H22N2O2/c1-4-21-9-5-8-19-17(20)16(12-18)11-15-7-6-13(2)14(3)10-15/h6-7,10-11H,4-5,8-9H2,1-3H3,(H,19,20)/b16-11+. The zero-order chi connectivity index (χ0) is 15.7. The molecular formula is C17H22N2O2. The zero-order valence-corrected chi connectivity index (χ0v) is 12.9. The number of benzene rings is 1. The topological polar surface area (TPSA) is 62.1 Å². The van der Waals surface area contributed by atoms with E-state index in [1.54, 1.807) is 6.08 Å². The van der Waals surface area contributed by atoms with Crippen LogP contribution < -0.4 is 5.32 Å². The summed E-state index contributed by atoms with van der Waals surface area (Å²) in [5.41, 5.74) is 3.30. The molecule has 0 unspecified atom stereocenters. The normalized spacial score (nSPS) is 11.0. The van der Waals surface area contributed by atoms with Crippen LogP contribution in [0.25, 0.3) is 6.08 Å². The van der Waals surface area contributed by atoms with Gasteiger partial charge in [0.2, 0.25) is 0 Å². The van der Waals surface area contributed by atoms with Crippen molar-refractivity contribution in [1.82, 2.24) is 5.32 Å². The summed E-state index contributed by atoms with van der Waals surface area (Å²) in [5.74, 6) is -0.341. The van der Waals surface area contributed by atoms with Crippen LogP contribution in [0.1, 0.15) is 30.0 Å². The molecule has 1 amide bonds. The fourth-order valence-electron chi connectivity index (χ4n) is 1.79. The molecule has 0 saturated heterocycles. The molecule has 0 aliphatic rings. The molecule has 112 valence electrons. The van der Waals surface area contributed by atoms with Crippen molar-refractivity contribution in [1.29, 1.82) is 5.26 Å². The number of amides is 1. The van der Waals surface area contributed by atoms with Gasteiger partial charge in [-0.2, -0.15) is 5.26 Å². The lowest BCUT2D eigenvalue weighted by molar-refractivity contribution is -0.117. The fraction of sp³-hybridized carbons (Fsp3) is 0.412. The molecule has 1 aromatic rings. The van der Waals surface area contributed by atoms with Crippen molar-refractivity contribution in [3.63, 3.8) is 0 Å². The van der Waals surface area contributed by atoms with Gasteiger partial charge in [-0.1, -0.05) is 18.2 Å². The van der Waals surface area contributed by atoms with Gasteiger partial charge in [-0.25, -0.2) is 0 Å². The molecule has 0 heterocycles. The summed E-state index contributed by atoms with van der Waals surface area (Å²) in [7, 11) is 0. The van der Waals surface area contributed by atoms with Crippen molar-refractivity contribution in [3.8, 4) is 6.07 Å². The van der Waals surface area contributed by atoms with Crippen molar-refractivity contribution in [2.24, 2.45) is 0 Å². The van der Waals surface area contributed by atoms with Gasteiger partial charge in [0.25, 0.3) is 5.91 Å². The number of hydrogen-bond donors (Lipinski definition) is 1. The smallest absolute Gasteiger partial charge is 0.261 e. The highest BCUT2D eigenvalue weighted by Gasteiger charge is 2.08. The summed E-state index contributed by atoms with van der Waals surface area (Å²) in [6.45, 7) is 7.75. The minimum Gasteiger partial charge on any atom is -0.382 e. The Balaban J connectivity index is 2.64. The van der Waals surface area contributed by atoms with Gasteiger partial charge < -0.3 is 10.1 Å².